The first-order valence-electron chi connectivity index (χ1n) is 5.48. The highest BCUT2D eigenvalue weighted by molar-refractivity contribution is 5.55. The molecule has 0 aliphatic heterocycles. The predicted octanol–water partition coefficient (Wildman–Crippen LogP) is 3.20. The average molecular weight is 200 g/mol. The van der Waals surface area contributed by atoms with Gasteiger partial charge in [-0.1, -0.05) is 44.2 Å². The largest absolute Gasteiger partial charge is 0.342 e. The van der Waals surface area contributed by atoms with Crippen LogP contribution in [0.3, 0.4) is 0 Å². The molecule has 0 aliphatic carbocycles. The topological polar surface area (TPSA) is 28.7 Å². The highest BCUT2D eigenvalue weighted by atomic mass is 14.9. The van der Waals surface area contributed by atoms with E-state index in [9.17, 15) is 0 Å². The molecule has 0 saturated heterocycles. The van der Waals surface area contributed by atoms with E-state index in [1.54, 1.807) is 0 Å². The van der Waals surface area contributed by atoms with E-state index in [0.717, 1.165) is 24.2 Å². The lowest BCUT2D eigenvalue weighted by atomic mass is 10.2. The summed E-state index contributed by atoms with van der Waals surface area (Å²) in [4.78, 5) is 8.00. The van der Waals surface area contributed by atoms with Gasteiger partial charge in [0.05, 0.1) is 5.69 Å². The van der Waals surface area contributed by atoms with Gasteiger partial charge in [-0.25, -0.2) is 4.98 Å². The Morgan fingerprint density at radius 3 is 2.33 bits per heavy atom. The van der Waals surface area contributed by atoms with Gasteiger partial charge in [0, 0.05) is 11.3 Å². The van der Waals surface area contributed by atoms with Crippen LogP contribution in [0.2, 0.25) is 0 Å². The summed E-state index contributed by atoms with van der Waals surface area (Å²) < 4.78 is 0. The molecular weight excluding hydrogens is 184 g/mol. The van der Waals surface area contributed by atoms with Crippen molar-refractivity contribution in [3.63, 3.8) is 0 Å². The van der Waals surface area contributed by atoms with Crippen LogP contribution in [0.25, 0.3) is 11.4 Å². The third kappa shape index (κ3) is 1.94. The molecule has 0 unspecified atom stereocenters. The lowest BCUT2D eigenvalue weighted by Crippen LogP contribution is -1.87. The van der Waals surface area contributed by atoms with Crippen molar-refractivity contribution in [2.75, 3.05) is 0 Å². The molecule has 2 nitrogen and oxygen atoms in total. The van der Waals surface area contributed by atoms with E-state index < -0.39 is 0 Å². The molecule has 0 spiro atoms. The van der Waals surface area contributed by atoms with Crippen molar-refractivity contribution in [1.82, 2.24) is 9.97 Å². The normalized spacial score (nSPS) is 10.5. The number of hydrogen-bond donors (Lipinski definition) is 1. The summed E-state index contributed by atoms with van der Waals surface area (Å²) in [6.45, 7) is 4.30. The number of benzene rings is 1. The Morgan fingerprint density at radius 1 is 1.07 bits per heavy atom. The molecule has 0 saturated carbocycles. The van der Waals surface area contributed by atoms with Crippen molar-refractivity contribution in [3.8, 4) is 11.4 Å². The smallest absolute Gasteiger partial charge is 0.137 e. The number of aromatic nitrogens is 2. The van der Waals surface area contributed by atoms with Crippen LogP contribution in [0.5, 0.6) is 0 Å². The molecule has 0 bridgehead atoms. The zero-order chi connectivity index (χ0) is 10.7. The average Bonchev–Trinajstić information content (AvgIpc) is 2.73. The summed E-state index contributed by atoms with van der Waals surface area (Å²) >= 11 is 0. The first-order chi connectivity index (χ1) is 7.35. The molecule has 0 amide bonds. The minimum Gasteiger partial charge on any atom is -0.342 e. The first kappa shape index (κ1) is 9.97. The van der Waals surface area contributed by atoms with Crippen LogP contribution in [0.1, 0.15) is 25.2 Å². The van der Waals surface area contributed by atoms with Crippen molar-refractivity contribution in [1.29, 1.82) is 0 Å². The Labute approximate surface area is 90.4 Å². The van der Waals surface area contributed by atoms with Crippen molar-refractivity contribution in [2.24, 2.45) is 0 Å². The summed E-state index contributed by atoms with van der Waals surface area (Å²) in [6, 6.07) is 10.3. The van der Waals surface area contributed by atoms with Gasteiger partial charge in [-0.05, 0) is 12.8 Å². The molecule has 1 heterocycles. The van der Waals surface area contributed by atoms with Gasteiger partial charge in [0.2, 0.25) is 0 Å². The standard InChI is InChI=1S/C13H16N2/c1-3-11-12(4-2)15-13(14-11)10-8-6-5-7-9-10/h5-9H,3-4H2,1-2H3,(H,14,15). The van der Waals surface area contributed by atoms with Gasteiger partial charge in [-0.15, -0.1) is 0 Å². The lowest BCUT2D eigenvalue weighted by Gasteiger charge is -1.94. The molecule has 2 rings (SSSR count). The van der Waals surface area contributed by atoms with Gasteiger partial charge in [0.1, 0.15) is 5.82 Å². The summed E-state index contributed by atoms with van der Waals surface area (Å²) in [6.07, 6.45) is 2.01. The fourth-order valence-corrected chi connectivity index (χ4v) is 1.76. The number of rotatable bonds is 3. The van der Waals surface area contributed by atoms with Crippen LogP contribution in [-0.4, -0.2) is 9.97 Å². The van der Waals surface area contributed by atoms with Gasteiger partial charge in [-0.3, -0.25) is 0 Å². The molecule has 0 aliphatic rings. The van der Waals surface area contributed by atoms with Crippen LogP contribution in [0, 0.1) is 0 Å². The number of aryl methyl sites for hydroxylation is 2. The van der Waals surface area contributed by atoms with Crippen LogP contribution in [0.15, 0.2) is 30.3 Å². The molecule has 1 aromatic heterocycles. The maximum Gasteiger partial charge on any atom is 0.137 e. The third-order valence-corrected chi connectivity index (χ3v) is 2.60. The van der Waals surface area contributed by atoms with Gasteiger partial charge in [0.25, 0.3) is 0 Å². The van der Waals surface area contributed by atoms with E-state index in [4.69, 9.17) is 0 Å². The predicted molar refractivity (Wildman–Crippen MR) is 62.8 cm³/mol. The lowest BCUT2D eigenvalue weighted by molar-refractivity contribution is 0.979. The van der Waals surface area contributed by atoms with Crippen molar-refractivity contribution in [3.05, 3.63) is 41.7 Å². The van der Waals surface area contributed by atoms with Crippen LogP contribution < -0.4 is 0 Å². The molecule has 0 fully saturated rings. The van der Waals surface area contributed by atoms with Crippen molar-refractivity contribution in [2.45, 2.75) is 26.7 Å². The maximum atomic E-state index is 4.61. The molecule has 78 valence electrons. The summed E-state index contributed by atoms with van der Waals surface area (Å²) in [5.74, 6) is 0.990. The number of hydrogen-bond acceptors (Lipinski definition) is 1. The minimum atomic E-state index is 0.990. The fraction of sp³-hybridized carbons (Fsp3) is 0.308. The monoisotopic (exact) mass is 200 g/mol. The minimum absolute atomic E-state index is 0.990. The highest BCUT2D eigenvalue weighted by Gasteiger charge is 2.07. The Balaban J connectivity index is 2.42. The third-order valence-electron chi connectivity index (χ3n) is 2.60. The van der Waals surface area contributed by atoms with Gasteiger partial charge in [-0.2, -0.15) is 0 Å². The quantitative estimate of drug-likeness (QED) is 0.809. The van der Waals surface area contributed by atoms with E-state index in [-0.39, 0.29) is 0 Å². The second-order valence-corrected chi connectivity index (χ2v) is 3.58. The molecule has 1 aromatic carbocycles. The first-order valence-corrected chi connectivity index (χ1v) is 5.48. The van der Waals surface area contributed by atoms with Gasteiger partial charge < -0.3 is 4.98 Å². The van der Waals surface area contributed by atoms with E-state index in [0.29, 0.717) is 0 Å². The van der Waals surface area contributed by atoms with Gasteiger partial charge in [0.15, 0.2) is 0 Å². The van der Waals surface area contributed by atoms with E-state index >= 15 is 0 Å². The molecule has 0 radical (unpaired) electrons. The molecule has 2 heteroatoms. The number of nitrogens with zero attached hydrogens (tertiary/aromatic N) is 1. The second-order valence-electron chi connectivity index (χ2n) is 3.58. The molecule has 1 N–H and O–H groups in total. The summed E-state index contributed by atoms with van der Waals surface area (Å²) in [5, 5.41) is 0. The Bertz CT molecular complexity index is 408. The molecule has 0 atom stereocenters. The van der Waals surface area contributed by atoms with Crippen molar-refractivity contribution < 1.29 is 0 Å². The molecule has 2 aromatic rings. The Hall–Kier alpha value is -1.57. The number of imidazole rings is 1. The SMILES string of the molecule is CCc1nc(-c2ccccc2)[nH]c1CC. The van der Waals surface area contributed by atoms with Gasteiger partial charge >= 0.3 is 0 Å². The van der Waals surface area contributed by atoms with Crippen LogP contribution in [0.4, 0.5) is 0 Å². The highest BCUT2D eigenvalue weighted by Crippen LogP contribution is 2.18. The summed E-state index contributed by atoms with van der Waals surface area (Å²) in [7, 11) is 0. The number of nitrogens with one attached hydrogen (secondary N) is 1. The van der Waals surface area contributed by atoms with E-state index in [1.807, 2.05) is 18.2 Å². The second kappa shape index (κ2) is 4.30. The summed E-state index contributed by atoms with van der Waals surface area (Å²) in [5.41, 5.74) is 3.61. The van der Waals surface area contributed by atoms with Crippen LogP contribution >= 0.6 is 0 Å². The number of H-pyrrole nitrogens is 1. The maximum absolute atomic E-state index is 4.61. The molecular formula is C13H16N2. The zero-order valence-electron chi connectivity index (χ0n) is 9.25. The Kier molecular flexibility index (Phi) is 2.86. The van der Waals surface area contributed by atoms with Crippen LogP contribution in [-0.2, 0) is 12.8 Å². The molecule has 15 heavy (non-hydrogen) atoms. The fourth-order valence-electron chi connectivity index (χ4n) is 1.76. The van der Waals surface area contributed by atoms with Crippen molar-refractivity contribution >= 4 is 0 Å². The zero-order valence-corrected chi connectivity index (χ0v) is 9.25. The Morgan fingerprint density at radius 2 is 1.80 bits per heavy atom. The van der Waals surface area contributed by atoms with E-state index in [2.05, 4.69) is 35.9 Å². The number of aromatic amines is 1. The van der Waals surface area contributed by atoms with E-state index in [1.165, 1.54) is 11.4 Å².